The maximum atomic E-state index is 11.9. The first-order valence-electron chi connectivity index (χ1n) is 10.2. The Hall–Kier alpha value is -4.73. The molecule has 0 spiro atoms. The number of phenolic OH excluding ortho intramolecular Hbond substituents is 1. The average molecular weight is 459 g/mol. The van der Waals surface area contributed by atoms with Crippen LogP contribution in [0.2, 0.25) is 0 Å². The van der Waals surface area contributed by atoms with E-state index in [2.05, 4.69) is 9.98 Å². The van der Waals surface area contributed by atoms with Gasteiger partial charge in [-0.05, 0) is 42.0 Å². The summed E-state index contributed by atoms with van der Waals surface area (Å²) >= 11 is 0. The molecule has 34 heavy (non-hydrogen) atoms. The molecule has 1 aliphatic rings. The first-order valence-corrected chi connectivity index (χ1v) is 10.2. The monoisotopic (exact) mass is 459 g/mol. The molecule has 4 rings (SSSR count). The Kier molecular flexibility index (Phi) is 5.72. The molecule has 172 valence electrons. The van der Waals surface area contributed by atoms with Gasteiger partial charge in [-0.25, -0.2) is 0 Å². The quantitative estimate of drug-likeness (QED) is 0.175. The number of fused-ring (bicyclic) bond motifs is 1. The van der Waals surface area contributed by atoms with Gasteiger partial charge in [-0.15, -0.1) is 0 Å². The molecule has 10 nitrogen and oxygen atoms in total. The van der Waals surface area contributed by atoms with E-state index in [9.17, 15) is 24.9 Å². The summed E-state index contributed by atoms with van der Waals surface area (Å²) in [7, 11) is 0. The number of nitrogens with one attached hydrogen (secondary N) is 1. The smallest absolute Gasteiger partial charge is 0.311 e. The van der Waals surface area contributed by atoms with Crippen LogP contribution in [0.5, 0.6) is 5.75 Å². The topological polar surface area (TPSA) is 195 Å². The van der Waals surface area contributed by atoms with Crippen LogP contribution in [-0.4, -0.2) is 33.1 Å². The summed E-state index contributed by atoms with van der Waals surface area (Å²) in [6.45, 7) is 0. The van der Waals surface area contributed by atoms with Crippen LogP contribution in [0, 0.1) is 5.41 Å². The van der Waals surface area contributed by atoms with Crippen molar-refractivity contribution in [2.24, 2.45) is 15.7 Å². The fourth-order valence-electron chi connectivity index (χ4n) is 3.88. The third-order valence-corrected chi connectivity index (χ3v) is 5.58. The molecule has 0 saturated carbocycles. The maximum absolute atomic E-state index is 11.9. The number of carboxylic acid groups (broad SMARTS) is 2. The summed E-state index contributed by atoms with van der Waals surface area (Å²) in [6.07, 6.45) is -1.56. The van der Waals surface area contributed by atoms with Crippen LogP contribution in [0.1, 0.15) is 35.2 Å². The van der Waals surface area contributed by atoms with Gasteiger partial charge in [0.2, 0.25) is 0 Å². The molecule has 1 aliphatic heterocycles. The van der Waals surface area contributed by atoms with Crippen LogP contribution in [-0.2, 0) is 9.59 Å². The van der Waals surface area contributed by atoms with E-state index in [-0.39, 0.29) is 28.3 Å². The van der Waals surface area contributed by atoms with Crippen molar-refractivity contribution in [3.8, 4) is 16.9 Å². The highest BCUT2D eigenvalue weighted by atomic mass is 16.4. The third-order valence-electron chi connectivity index (χ3n) is 5.58. The molecule has 10 heteroatoms. The van der Waals surface area contributed by atoms with E-state index in [1.165, 1.54) is 12.1 Å². The van der Waals surface area contributed by atoms with E-state index in [4.69, 9.17) is 16.9 Å². The summed E-state index contributed by atoms with van der Waals surface area (Å²) in [5.41, 5.74) is 13.5. The van der Waals surface area contributed by atoms with Crippen molar-refractivity contribution >= 4 is 23.5 Å². The van der Waals surface area contributed by atoms with E-state index >= 15 is 0 Å². The number of nitrogen functional groups attached to an aromatic ring is 2. The highest BCUT2D eigenvalue weighted by Gasteiger charge is 2.28. The zero-order chi connectivity index (χ0) is 24.6. The number of hydrogen-bond acceptors (Lipinski definition) is 7. The second-order valence-electron chi connectivity index (χ2n) is 7.83. The van der Waals surface area contributed by atoms with E-state index in [0.717, 1.165) is 0 Å². The van der Waals surface area contributed by atoms with Crippen molar-refractivity contribution in [2.45, 2.75) is 18.5 Å². The lowest BCUT2D eigenvalue weighted by Gasteiger charge is -2.19. The maximum Gasteiger partial charge on any atom is 0.311 e. The number of para-hydroxylation sites is 1. The zero-order valence-electron chi connectivity index (χ0n) is 17.8. The lowest BCUT2D eigenvalue weighted by Crippen LogP contribution is -2.24. The number of carboxylic acids is 2. The molecule has 0 amide bonds. The second-order valence-corrected chi connectivity index (χ2v) is 7.83. The molecule has 3 aromatic rings. The van der Waals surface area contributed by atoms with E-state index < -0.39 is 30.4 Å². The van der Waals surface area contributed by atoms with Gasteiger partial charge < -0.3 is 26.8 Å². The highest BCUT2D eigenvalue weighted by molar-refractivity contribution is 5.94. The lowest BCUT2D eigenvalue weighted by molar-refractivity contribution is -0.145. The number of nitrogens with zero attached hydrogens (tertiary/aromatic N) is 2. The number of hydrogen-bond donors (Lipinski definition) is 6. The number of carbonyl (C=O) groups is 2. The van der Waals surface area contributed by atoms with Crippen molar-refractivity contribution in [1.82, 2.24) is 0 Å². The summed E-state index contributed by atoms with van der Waals surface area (Å²) in [4.78, 5) is 32.3. The molecule has 8 N–H and O–H groups in total. The largest absolute Gasteiger partial charge is 0.507 e. The van der Waals surface area contributed by atoms with Crippen LogP contribution in [0.3, 0.4) is 0 Å². The van der Waals surface area contributed by atoms with Gasteiger partial charge in [-0.2, -0.15) is 0 Å². The van der Waals surface area contributed by atoms with E-state index in [1.807, 2.05) is 0 Å². The minimum Gasteiger partial charge on any atom is -0.507 e. The SMILES string of the molecule is N=C(N)c1ccc2c(c1)=NC(c1cc([C@@H](CC(=O)O)C(=O)O)cc(-c3ccccc3N)c1O)N=2. The minimum absolute atomic E-state index is 0.133. The van der Waals surface area contributed by atoms with E-state index in [0.29, 0.717) is 27.5 Å². The van der Waals surface area contributed by atoms with Crippen molar-refractivity contribution in [1.29, 1.82) is 5.41 Å². The van der Waals surface area contributed by atoms with Crippen molar-refractivity contribution in [3.63, 3.8) is 0 Å². The Morgan fingerprint density at radius 1 is 1.00 bits per heavy atom. The Morgan fingerprint density at radius 2 is 1.71 bits per heavy atom. The Morgan fingerprint density at radius 3 is 2.35 bits per heavy atom. The van der Waals surface area contributed by atoms with Crippen LogP contribution in [0.4, 0.5) is 5.69 Å². The Labute approximate surface area is 193 Å². The number of benzene rings is 3. The number of aromatic hydroxyl groups is 1. The summed E-state index contributed by atoms with van der Waals surface area (Å²) < 4.78 is 0. The van der Waals surface area contributed by atoms with Crippen LogP contribution < -0.4 is 22.2 Å². The molecular formula is C24H21N5O5. The van der Waals surface area contributed by atoms with Gasteiger partial charge in [0.1, 0.15) is 11.6 Å². The van der Waals surface area contributed by atoms with Crippen LogP contribution in [0.25, 0.3) is 11.1 Å². The molecule has 0 bridgehead atoms. The van der Waals surface area contributed by atoms with Gasteiger partial charge in [-0.3, -0.25) is 25.0 Å². The molecule has 0 radical (unpaired) electrons. The lowest BCUT2D eigenvalue weighted by atomic mass is 9.89. The van der Waals surface area contributed by atoms with Gasteiger partial charge >= 0.3 is 11.9 Å². The van der Waals surface area contributed by atoms with Crippen LogP contribution >= 0.6 is 0 Å². The number of anilines is 1. The van der Waals surface area contributed by atoms with Crippen molar-refractivity contribution in [3.05, 3.63) is 82.0 Å². The summed E-state index contributed by atoms with van der Waals surface area (Å²) in [6, 6.07) is 14.5. The first-order chi connectivity index (χ1) is 16.2. The van der Waals surface area contributed by atoms with Gasteiger partial charge in [0.05, 0.1) is 23.1 Å². The normalized spacial score (nSPS) is 15.0. The van der Waals surface area contributed by atoms with Gasteiger partial charge in [0, 0.05) is 27.9 Å². The predicted molar refractivity (Wildman–Crippen MR) is 123 cm³/mol. The zero-order valence-corrected chi connectivity index (χ0v) is 17.8. The molecule has 2 atom stereocenters. The average Bonchev–Trinajstić information content (AvgIpc) is 3.21. The molecular weight excluding hydrogens is 438 g/mol. The highest BCUT2D eigenvalue weighted by Crippen LogP contribution is 2.42. The Balaban J connectivity index is 1.94. The molecule has 1 heterocycles. The number of phenols is 1. The van der Waals surface area contributed by atoms with Crippen molar-refractivity contribution in [2.75, 3.05) is 5.73 Å². The fraction of sp³-hybridized carbons (Fsp3) is 0.125. The van der Waals surface area contributed by atoms with Gasteiger partial charge in [0.15, 0.2) is 6.17 Å². The van der Waals surface area contributed by atoms with E-state index in [1.54, 1.807) is 42.5 Å². The van der Waals surface area contributed by atoms with Gasteiger partial charge in [0.25, 0.3) is 0 Å². The minimum atomic E-state index is -1.37. The first kappa shape index (κ1) is 22.5. The number of rotatable bonds is 7. The summed E-state index contributed by atoms with van der Waals surface area (Å²) in [5, 5.41) is 38.7. The predicted octanol–water partition coefficient (Wildman–Crippen LogP) is 1.52. The molecule has 3 aromatic carbocycles. The molecule has 0 fully saturated rings. The number of amidine groups is 1. The standard InChI is InChI=1S/C24H21N5O5/c25-17-4-2-1-3-13(17)15-7-12(14(24(33)34)10-20(30)31)8-16(21(15)32)23-28-18-6-5-11(22(26)27)9-19(18)29-23/h1-9,14,23,32H,10,25H2,(H3,26,27)(H,30,31)(H,33,34)/t14-,23?/m1/s1. The molecule has 0 aliphatic carbocycles. The molecule has 0 aromatic heterocycles. The Bertz CT molecular complexity index is 1470. The second kappa shape index (κ2) is 8.66. The number of aliphatic carboxylic acids is 2. The fourth-order valence-corrected chi connectivity index (χ4v) is 3.88. The summed E-state index contributed by atoms with van der Waals surface area (Å²) in [5.74, 6) is -4.29. The molecule has 0 saturated heterocycles. The molecule has 1 unspecified atom stereocenters. The van der Waals surface area contributed by atoms with Crippen LogP contribution in [0.15, 0.2) is 64.6 Å². The number of nitrogens with two attached hydrogens (primary N) is 2. The van der Waals surface area contributed by atoms with Gasteiger partial charge in [-0.1, -0.05) is 18.2 Å². The third kappa shape index (κ3) is 4.16. The van der Waals surface area contributed by atoms with Crippen molar-refractivity contribution < 1.29 is 24.9 Å².